The summed E-state index contributed by atoms with van der Waals surface area (Å²) in [6.07, 6.45) is 6.53. The van der Waals surface area contributed by atoms with Gasteiger partial charge in [0, 0.05) is 22.1 Å². The zero-order valence-corrected chi connectivity index (χ0v) is 19.9. The maximum absolute atomic E-state index is 14.2. The van der Waals surface area contributed by atoms with Gasteiger partial charge in [0.25, 0.3) is 0 Å². The predicted molar refractivity (Wildman–Crippen MR) is 121 cm³/mol. The van der Waals surface area contributed by atoms with Gasteiger partial charge in [0.15, 0.2) is 5.82 Å². The summed E-state index contributed by atoms with van der Waals surface area (Å²) in [5.74, 6) is -0.205. The van der Waals surface area contributed by atoms with Crippen LogP contribution < -0.4 is 10.6 Å². The lowest BCUT2D eigenvalue weighted by Gasteiger charge is -2.65. The molecule has 4 bridgehead atoms. The second-order valence-electron chi connectivity index (χ2n) is 10.9. The molecule has 6 aliphatic carbocycles. The Balaban J connectivity index is 1.24. The summed E-state index contributed by atoms with van der Waals surface area (Å²) >= 11 is 3.53. The van der Waals surface area contributed by atoms with Gasteiger partial charge < -0.3 is 15.2 Å². The van der Waals surface area contributed by atoms with Gasteiger partial charge in [-0.05, 0) is 81.4 Å². The summed E-state index contributed by atoms with van der Waals surface area (Å²) in [6, 6.07) is 7.83. The monoisotopic (exact) mass is 516 g/mol. The molecule has 2 amide bonds. The van der Waals surface area contributed by atoms with Gasteiger partial charge in [-0.15, -0.1) is 0 Å². The number of aromatic nitrogens is 2. The van der Waals surface area contributed by atoms with Gasteiger partial charge in [0.1, 0.15) is 5.67 Å². The molecule has 6 fully saturated rings. The number of hydrogen-bond donors (Lipinski definition) is 1. The summed E-state index contributed by atoms with van der Waals surface area (Å²) in [5, 5.41) is 4.07. The van der Waals surface area contributed by atoms with E-state index in [0.717, 1.165) is 48.7 Å². The van der Waals surface area contributed by atoms with Crippen LogP contribution in [0.15, 0.2) is 33.3 Å². The van der Waals surface area contributed by atoms with E-state index in [1.54, 1.807) is 0 Å². The fourth-order valence-electron chi connectivity index (χ4n) is 6.81. The molecule has 174 valence electrons. The molecule has 7 nitrogen and oxygen atoms in total. The zero-order chi connectivity index (χ0) is 23.1. The highest BCUT2D eigenvalue weighted by atomic mass is 79.9. The van der Waals surface area contributed by atoms with E-state index in [0.29, 0.717) is 31.6 Å². The van der Waals surface area contributed by atoms with E-state index in [2.05, 4.69) is 26.1 Å². The summed E-state index contributed by atoms with van der Waals surface area (Å²) < 4.78 is 20.2. The maximum Gasteiger partial charge on any atom is 0.315 e. The lowest BCUT2D eigenvalue weighted by Crippen LogP contribution is -2.71. The average molecular weight is 517 g/mol. The third-order valence-electron chi connectivity index (χ3n) is 8.79. The van der Waals surface area contributed by atoms with Crippen LogP contribution in [0.2, 0.25) is 0 Å². The first kappa shape index (κ1) is 21.3. The number of benzene rings is 1. The van der Waals surface area contributed by atoms with Crippen LogP contribution in [-0.4, -0.2) is 34.2 Å². The van der Waals surface area contributed by atoms with Crippen molar-refractivity contribution >= 4 is 33.4 Å². The average Bonchev–Trinajstić information content (AvgIpc) is 3.27. The van der Waals surface area contributed by atoms with Crippen LogP contribution in [0.5, 0.6) is 0 Å². The molecule has 0 saturated heterocycles. The van der Waals surface area contributed by atoms with Crippen molar-refractivity contribution in [3.63, 3.8) is 0 Å². The van der Waals surface area contributed by atoms with Crippen molar-refractivity contribution < 1.29 is 18.5 Å². The highest BCUT2D eigenvalue weighted by Crippen LogP contribution is 2.70. The van der Waals surface area contributed by atoms with E-state index in [9.17, 15) is 14.0 Å². The summed E-state index contributed by atoms with van der Waals surface area (Å²) in [6.45, 7) is 0.637. The van der Waals surface area contributed by atoms with Crippen molar-refractivity contribution in [3.8, 4) is 0 Å². The van der Waals surface area contributed by atoms with E-state index in [-0.39, 0.29) is 22.6 Å². The number of rotatable bonds is 6. The number of nitrogens with zero attached hydrogens (tertiary/aromatic N) is 3. The smallest absolute Gasteiger partial charge is 0.315 e. The Kier molecular flexibility index (Phi) is 4.42. The minimum Gasteiger partial charge on any atom is -0.361 e. The molecule has 0 aliphatic heterocycles. The maximum atomic E-state index is 14.2. The van der Waals surface area contributed by atoms with Gasteiger partial charge in [-0.3, -0.25) is 9.59 Å². The number of anilines is 1. The standard InChI is InChI=1S/C24H26BrFN4O3/c25-15-2-1-3-16(10-15)30(20(32)23-11-24(26,12-23)13-23)14-21-4-7-22(8-5-21,9-6-21)19-28-18(17(27)31)33-29-19/h1-3,10H,4-9,11-14H2,(H2,27,31). The SMILES string of the molecule is NC(=O)c1nc(C23CCC(CN(C(=O)C45CC(F)(C4)C5)c4cccc(Br)c4)(CC2)CC3)no1. The quantitative estimate of drug-likeness (QED) is 0.610. The molecular weight excluding hydrogens is 491 g/mol. The lowest BCUT2D eigenvalue weighted by molar-refractivity contribution is -0.211. The van der Waals surface area contributed by atoms with Crippen molar-refractivity contribution in [2.45, 2.75) is 68.9 Å². The number of amides is 2. The lowest BCUT2D eigenvalue weighted by atomic mass is 9.41. The molecule has 2 aromatic rings. The molecule has 0 unspecified atom stereocenters. The molecule has 0 radical (unpaired) electrons. The Morgan fingerprint density at radius 3 is 2.33 bits per heavy atom. The number of alkyl halides is 1. The third kappa shape index (κ3) is 3.18. The second-order valence-corrected chi connectivity index (χ2v) is 11.8. The van der Waals surface area contributed by atoms with Crippen molar-refractivity contribution in [1.29, 1.82) is 0 Å². The van der Waals surface area contributed by atoms with Crippen molar-refractivity contribution in [2.24, 2.45) is 16.6 Å². The number of fused-ring (bicyclic) bond motifs is 3. The van der Waals surface area contributed by atoms with E-state index in [4.69, 9.17) is 10.3 Å². The predicted octanol–water partition coefficient (Wildman–Crippen LogP) is 4.45. The first-order chi connectivity index (χ1) is 15.7. The molecule has 1 heterocycles. The van der Waals surface area contributed by atoms with Crippen LogP contribution in [-0.2, 0) is 10.2 Å². The molecule has 9 heteroatoms. The highest BCUT2D eigenvalue weighted by molar-refractivity contribution is 9.10. The Bertz CT molecular complexity index is 1120. The number of nitrogens with two attached hydrogens (primary N) is 1. The van der Waals surface area contributed by atoms with E-state index in [1.165, 1.54) is 0 Å². The molecule has 8 rings (SSSR count). The molecule has 2 N–H and O–H groups in total. The molecule has 6 aliphatic rings. The molecule has 1 aromatic carbocycles. The third-order valence-corrected chi connectivity index (χ3v) is 9.28. The Morgan fingerprint density at radius 1 is 1.12 bits per heavy atom. The van der Waals surface area contributed by atoms with Crippen molar-refractivity contribution in [3.05, 3.63) is 40.5 Å². The van der Waals surface area contributed by atoms with E-state index >= 15 is 0 Å². The van der Waals surface area contributed by atoms with Crippen LogP contribution >= 0.6 is 15.9 Å². The van der Waals surface area contributed by atoms with Crippen molar-refractivity contribution in [1.82, 2.24) is 10.1 Å². The Labute approximate surface area is 199 Å². The van der Waals surface area contributed by atoms with Crippen LogP contribution in [0.3, 0.4) is 0 Å². The van der Waals surface area contributed by atoms with Crippen LogP contribution in [0, 0.1) is 10.8 Å². The number of halogens is 2. The first-order valence-corrected chi connectivity index (χ1v) is 12.4. The summed E-state index contributed by atoms with van der Waals surface area (Å²) in [5.41, 5.74) is 4.34. The van der Waals surface area contributed by atoms with Gasteiger partial charge in [-0.25, -0.2) is 4.39 Å². The number of hydrogen-bond acceptors (Lipinski definition) is 5. The van der Waals surface area contributed by atoms with Gasteiger partial charge >= 0.3 is 11.8 Å². The van der Waals surface area contributed by atoms with E-state index in [1.807, 2.05) is 29.2 Å². The normalized spacial score (nSPS) is 36.1. The van der Waals surface area contributed by atoms with E-state index < -0.39 is 17.0 Å². The number of carbonyl (C=O) groups excluding carboxylic acids is 2. The highest BCUT2D eigenvalue weighted by Gasteiger charge is 2.73. The van der Waals surface area contributed by atoms with Gasteiger partial charge in [-0.1, -0.05) is 27.2 Å². The fourth-order valence-corrected chi connectivity index (χ4v) is 7.20. The van der Waals surface area contributed by atoms with Crippen LogP contribution in [0.1, 0.15) is 74.3 Å². The first-order valence-electron chi connectivity index (χ1n) is 11.6. The molecule has 33 heavy (non-hydrogen) atoms. The topological polar surface area (TPSA) is 102 Å². The molecule has 0 atom stereocenters. The Hall–Kier alpha value is -2.29. The molecule has 0 spiro atoms. The van der Waals surface area contributed by atoms with Gasteiger partial charge in [0.05, 0.1) is 5.41 Å². The minimum absolute atomic E-state index is 0.00686. The van der Waals surface area contributed by atoms with Gasteiger partial charge in [0.2, 0.25) is 5.91 Å². The summed E-state index contributed by atoms with van der Waals surface area (Å²) in [7, 11) is 0. The second kappa shape index (κ2) is 6.87. The fraction of sp³-hybridized carbons (Fsp3) is 0.583. The van der Waals surface area contributed by atoms with Gasteiger partial charge in [-0.2, -0.15) is 4.98 Å². The minimum atomic E-state index is -1.11. The van der Waals surface area contributed by atoms with Crippen LogP contribution in [0.25, 0.3) is 0 Å². The number of primary amides is 1. The molecule has 6 saturated carbocycles. The Morgan fingerprint density at radius 2 is 1.79 bits per heavy atom. The van der Waals surface area contributed by atoms with Crippen LogP contribution in [0.4, 0.5) is 10.1 Å². The van der Waals surface area contributed by atoms with Crippen molar-refractivity contribution in [2.75, 3.05) is 11.4 Å². The zero-order valence-electron chi connectivity index (χ0n) is 18.3. The number of carbonyl (C=O) groups is 2. The molecule has 1 aromatic heterocycles. The molecular formula is C24H26BrFN4O3. The largest absolute Gasteiger partial charge is 0.361 e. The summed E-state index contributed by atoms with van der Waals surface area (Å²) in [4.78, 5) is 31.3.